The second-order valence-electron chi connectivity index (χ2n) is 4.43. The molecule has 0 aromatic rings. The molecule has 0 radical (unpaired) electrons. The second kappa shape index (κ2) is 4.37. The summed E-state index contributed by atoms with van der Waals surface area (Å²) >= 11 is 0. The first-order valence-corrected chi connectivity index (χ1v) is 4.88. The van der Waals surface area contributed by atoms with Gasteiger partial charge in [0.1, 0.15) is 5.60 Å². The van der Waals surface area contributed by atoms with Gasteiger partial charge in [-0.05, 0) is 20.8 Å². The maximum atomic E-state index is 11.2. The van der Waals surface area contributed by atoms with E-state index < -0.39 is 11.7 Å². The van der Waals surface area contributed by atoms with E-state index >= 15 is 0 Å². The highest BCUT2D eigenvalue weighted by Gasteiger charge is 2.21. The number of urea groups is 1. The summed E-state index contributed by atoms with van der Waals surface area (Å²) in [5.41, 5.74) is -0.499. The largest absolute Gasteiger partial charge is 0.444 e. The summed E-state index contributed by atoms with van der Waals surface area (Å²) in [7, 11) is 0. The monoisotopic (exact) mass is 215 g/mol. The number of carbonyl (C=O) groups excluding carboxylic acids is 2. The van der Waals surface area contributed by atoms with Gasteiger partial charge < -0.3 is 20.7 Å². The van der Waals surface area contributed by atoms with Crippen molar-refractivity contribution < 1.29 is 14.3 Å². The van der Waals surface area contributed by atoms with Crippen LogP contribution in [-0.4, -0.2) is 36.9 Å². The Balaban J connectivity index is 2.20. The number of carbonyl (C=O) groups is 2. The van der Waals surface area contributed by atoms with Crippen LogP contribution in [0.2, 0.25) is 0 Å². The van der Waals surface area contributed by atoms with Gasteiger partial charge in [0.2, 0.25) is 0 Å². The molecule has 3 N–H and O–H groups in total. The fraction of sp³-hybridized carbons (Fsp3) is 0.778. The molecule has 86 valence electrons. The Bertz CT molecular complexity index is 260. The van der Waals surface area contributed by atoms with Gasteiger partial charge in [0.15, 0.2) is 0 Å². The molecule has 6 heteroatoms. The lowest BCUT2D eigenvalue weighted by atomic mass is 10.2. The number of hydrogen-bond acceptors (Lipinski definition) is 3. The SMILES string of the molecule is CC(C)(C)OC(=O)NCC1CNC(=O)N1. The topological polar surface area (TPSA) is 79.5 Å². The van der Waals surface area contributed by atoms with Gasteiger partial charge >= 0.3 is 12.1 Å². The minimum Gasteiger partial charge on any atom is -0.444 e. The van der Waals surface area contributed by atoms with E-state index in [1.165, 1.54) is 0 Å². The van der Waals surface area contributed by atoms with Crippen molar-refractivity contribution in [1.82, 2.24) is 16.0 Å². The Morgan fingerprint density at radius 1 is 1.60 bits per heavy atom. The van der Waals surface area contributed by atoms with Crippen LogP contribution in [-0.2, 0) is 4.74 Å². The molecule has 0 spiro atoms. The molecule has 1 unspecified atom stereocenters. The molecule has 1 fully saturated rings. The number of ether oxygens (including phenoxy) is 1. The predicted molar refractivity (Wildman–Crippen MR) is 54.6 cm³/mol. The molecular weight excluding hydrogens is 198 g/mol. The summed E-state index contributed by atoms with van der Waals surface area (Å²) < 4.78 is 5.04. The highest BCUT2D eigenvalue weighted by atomic mass is 16.6. The van der Waals surface area contributed by atoms with Gasteiger partial charge in [0.05, 0.1) is 6.04 Å². The van der Waals surface area contributed by atoms with Crippen molar-refractivity contribution >= 4 is 12.1 Å². The van der Waals surface area contributed by atoms with Crippen LogP contribution in [0.4, 0.5) is 9.59 Å². The maximum Gasteiger partial charge on any atom is 0.407 e. The van der Waals surface area contributed by atoms with E-state index in [9.17, 15) is 9.59 Å². The molecule has 0 aromatic carbocycles. The van der Waals surface area contributed by atoms with E-state index in [0.717, 1.165) is 0 Å². The average molecular weight is 215 g/mol. The standard InChI is InChI=1S/C9H17N3O3/c1-9(2,3)15-8(14)11-5-6-4-10-7(13)12-6/h6H,4-5H2,1-3H3,(H,11,14)(H2,10,12,13). The van der Waals surface area contributed by atoms with E-state index in [1.54, 1.807) is 20.8 Å². The minimum atomic E-state index is -0.499. The fourth-order valence-corrected chi connectivity index (χ4v) is 1.15. The van der Waals surface area contributed by atoms with Crippen molar-refractivity contribution in [3.63, 3.8) is 0 Å². The van der Waals surface area contributed by atoms with Crippen molar-refractivity contribution in [3.05, 3.63) is 0 Å². The molecular formula is C9H17N3O3. The molecule has 1 aliphatic rings. The van der Waals surface area contributed by atoms with Crippen molar-refractivity contribution in [2.24, 2.45) is 0 Å². The number of amides is 3. The Hall–Kier alpha value is -1.46. The Labute approximate surface area is 88.7 Å². The van der Waals surface area contributed by atoms with Gasteiger partial charge in [0.25, 0.3) is 0 Å². The van der Waals surface area contributed by atoms with Crippen LogP contribution >= 0.6 is 0 Å². The third-order valence-electron chi connectivity index (χ3n) is 1.74. The summed E-state index contributed by atoms with van der Waals surface area (Å²) in [6, 6.07) is -0.268. The summed E-state index contributed by atoms with van der Waals surface area (Å²) in [4.78, 5) is 22.0. The number of hydrogen-bond donors (Lipinski definition) is 3. The summed E-state index contributed by atoms with van der Waals surface area (Å²) in [5.74, 6) is 0. The van der Waals surface area contributed by atoms with Gasteiger partial charge in [-0.2, -0.15) is 0 Å². The van der Waals surface area contributed by atoms with Gasteiger partial charge in [-0.15, -0.1) is 0 Å². The first-order chi connectivity index (χ1) is 6.87. The van der Waals surface area contributed by atoms with E-state index in [0.29, 0.717) is 13.1 Å². The highest BCUT2D eigenvalue weighted by Crippen LogP contribution is 2.06. The maximum absolute atomic E-state index is 11.2. The summed E-state index contributed by atoms with van der Waals surface area (Å²) in [6.07, 6.45) is -0.469. The van der Waals surface area contributed by atoms with Gasteiger partial charge in [-0.1, -0.05) is 0 Å². The molecule has 1 rings (SSSR count). The molecule has 0 bridgehead atoms. The molecule has 1 heterocycles. The predicted octanol–water partition coefficient (Wildman–Crippen LogP) is 0.192. The van der Waals surface area contributed by atoms with Crippen molar-refractivity contribution in [2.45, 2.75) is 32.4 Å². The normalized spacial score (nSPS) is 20.5. The van der Waals surface area contributed by atoms with Crippen LogP contribution in [0.25, 0.3) is 0 Å². The van der Waals surface area contributed by atoms with Gasteiger partial charge in [0, 0.05) is 13.1 Å². The summed E-state index contributed by atoms with van der Waals surface area (Å²) in [6.45, 7) is 6.28. The lowest BCUT2D eigenvalue weighted by Gasteiger charge is -2.20. The molecule has 1 atom stereocenters. The quantitative estimate of drug-likeness (QED) is 0.615. The zero-order valence-electron chi connectivity index (χ0n) is 9.22. The van der Waals surface area contributed by atoms with E-state index in [1.807, 2.05) is 0 Å². The number of rotatable bonds is 2. The molecule has 0 aliphatic carbocycles. The van der Waals surface area contributed by atoms with Crippen molar-refractivity contribution in [1.29, 1.82) is 0 Å². The van der Waals surface area contributed by atoms with Crippen LogP contribution in [0.5, 0.6) is 0 Å². The molecule has 3 amide bonds. The Morgan fingerprint density at radius 3 is 2.73 bits per heavy atom. The molecule has 1 aliphatic heterocycles. The number of alkyl carbamates (subject to hydrolysis) is 1. The van der Waals surface area contributed by atoms with Gasteiger partial charge in [-0.25, -0.2) is 9.59 Å². The zero-order valence-corrected chi connectivity index (χ0v) is 9.22. The van der Waals surface area contributed by atoms with Crippen molar-refractivity contribution in [2.75, 3.05) is 13.1 Å². The molecule has 0 aromatic heterocycles. The third kappa shape index (κ3) is 4.53. The van der Waals surface area contributed by atoms with Crippen LogP contribution in [0.1, 0.15) is 20.8 Å². The molecule has 15 heavy (non-hydrogen) atoms. The van der Waals surface area contributed by atoms with Gasteiger partial charge in [-0.3, -0.25) is 0 Å². The highest BCUT2D eigenvalue weighted by molar-refractivity contribution is 5.76. The lowest BCUT2D eigenvalue weighted by Crippen LogP contribution is -2.41. The Morgan fingerprint density at radius 2 is 2.27 bits per heavy atom. The smallest absolute Gasteiger partial charge is 0.407 e. The third-order valence-corrected chi connectivity index (χ3v) is 1.74. The first-order valence-electron chi connectivity index (χ1n) is 4.88. The fourth-order valence-electron chi connectivity index (χ4n) is 1.15. The average Bonchev–Trinajstić information content (AvgIpc) is 2.45. The Kier molecular flexibility index (Phi) is 3.39. The van der Waals surface area contributed by atoms with E-state index in [4.69, 9.17) is 4.74 Å². The van der Waals surface area contributed by atoms with Crippen LogP contribution in [0.15, 0.2) is 0 Å². The lowest BCUT2D eigenvalue weighted by molar-refractivity contribution is 0.0524. The summed E-state index contributed by atoms with van der Waals surface area (Å²) in [5, 5.41) is 7.84. The van der Waals surface area contributed by atoms with E-state index in [2.05, 4.69) is 16.0 Å². The first kappa shape index (κ1) is 11.6. The second-order valence-corrected chi connectivity index (χ2v) is 4.43. The van der Waals surface area contributed by atoms with Crippen LogP contribution in [0, 0.1) is 0 Å². The molecule has 6 nitrogen and oxygen atoms in total. The number of nitrogens with one attached hydrogen (secondary N) is 3. The zero-order chi connectivity index (χ0) is 11.5. The van der Waals surface area contributed by atoms with Crippen molar-refractivity contribution in [3.8, 4) is 0 Å². The molecule has 0 saturated carbocycles. The molecule has 1 saturated heterocycles. The van der Waals surface area contributed by atoms with E-state index in [-0.39, 0.29) is 12.1 Å². The van der Waals surface area contributed by atoms with Crippen LogP contribution in [0.3, 0.4) is 0 Å². The van der Waals surface area contributed by atoms with Crippen LogP contribution < -0.4 is 16.0 Å². The minimum absolute atomic E-state index is 0.0648.